The van der Waals surface area contributed by atoms with E-state index in [9.17, 15) is 4.79 Å². The van der Waals surface area contributed by atoms with E-state index in [1.165, 1.54) is 32.1 Å². The summed E-state index contributed by atoms with van der Waals surface area (Å²) in [6.45, 7) is 2.98. The standard InChI is InChI=1S/C30H41ClN6O2/c31-27-19-23(6-7-24(27)20-32)21-33-25-8-10-26(11-9-25)34-30(39)28-12-13-29(36-35-28)37-16-14-22(15-17-37)5-3-1-2-4-18-38/h6-7,12-13,19,22,25-26,33,38H,1-5,8-11,14-18,21H2,(H,34,39). The number of hydrogen-bond donors (Lipinski definition) is 3. The van der Waals surface area contributed by atoms with Crippen molar-refractivity contribution in [3.63, 3.8) is 0 Å². The lowest BCUT2D eigenvalue weighted by molar-refractivity contribution is 0.0918. The summed E-state index contributed by atoms with van der Waals surface area (Å²) in [6.07, 6.45) is 11.9. The van der Waals surface area contributed by atoms with Gasteiger partial charge in [-0.1, -0.05) is 43.4 Å². The van der Waals surface area contributed by atoms with Crippen LogP contribution in [0.15, 0.2) is 30.3 Å². The molecule has 0 bridgehead atoms. The van der Waals surface area contributed by atoms with Crippen LogP contribution in [0, 0.1) is 17.2 Å². The zero-order valence-electron chi connectivity index (χ0n) is 22.7. The predicted molar refractivity (Wildman–Crippen MR) is 154 cm³/mol. The number of unbranched alkanes of at least 4 members (excludes halogenated alkanes) is 3. The maximum Gasteiger partial charge on any atom is 0.272 e. The molecule has 0 radical (unpaired) electrons. The van der Waals surface area contributed by atoms with Crippen molar-refractivity contribution in [2.45, 2.75) is 89.3 Å². The molecule has 1 aromatic heterocycles. The van der Waals surface area contributed by atoms with Crippen LogP contribution in [-0.2, 0) is 6.54 Å². The van der Waals surface area contributed by atoms with Crippen LogP contribution in [0.1, 0.15) is 92.2 Å². The first-order chi connectivity index (χ1) is 19.1. The van der Waals surface area contributed by atoms with E-state index >= 15 is 0 Å². The van der Waals surface area contributed by atoms with Crippen LogP contribution in [0.5, 0.6) is 0 Å². The number of aromatic nitrogens is 2. The average molecular weight is 553 g/mol. The Balaban J connectivity index is 1.14. The molecule has 39 heavy (non-hydrogen) atoms. The van der Waals surface area contributed by atoms with Crippen LogP contribution in [0.4, 0.5) is 5.82 Å². The molecule has 1 aromatic carbocycles. The number of piperidine rings is 1. The number of nitriles is 1. The lowest BCUT2D eigenvalue weighted by Crippen LogP contribution is -2.42. The molecule has 1 aliphatic carbocycles. The van der Waals surface area contributed by atoms with Crippen LogP contribution >= 0.6 is 11.6 Å². The number of anilines is 1. The Morgan fingerprint density at radius 3 is 2.41 bits per heavy atom. The van der Waals surface area contributed by atoms with E-state index in [0.717, 1.165) is 68.9 Å². The lowest BCUT2D eigenvalue weighted by atomic mass is 9.91. The SMILES string of the molecule is N#Cc1ccc(CNC2CCC(NC(=O)c3ccc(N4CCC(CCCCCCO)CC4)nn3)CC2)cc1Cl. The van der Waals surface area contributed by atoms with Gasteiger partial charge < -0.3 is 20.6 Å². The molecular formula is C30H41ClN6O2. The molecule has 1 saturated heterocycles. The maximum atomic E-state index is 12.8. The van der Waals surface area contributed by atoms with Gasteiger partial charge in [-0.15, -0.1) is 10.2 Å². The van der Waals surface area contributed by atoms with Gasteiger partial charge in [0.05, 0.1) is 10.6 Å². The van der Waals surface area contributed by atoms with Gasteiger partial charge in [-0.25, -0.2) is 0 Å². The molecule has 3 N–H and O–H groups in total. The molecule has 8 nitrogen and oxygen atoms in total. The summed E-state index contributed by atoms with van der Waals surface area (Å²) in [6, 6.07) is 11.9. The van der Waals surface area contributed by atoms with Gasteiger partial charge in [0.2, 0.25) is 0 Å². The van der Waals surface area contributed by atoms with E-state index in [-0.39, 0.29) is 11.9 Å². The summed E-state index contributed by atoms with van der Waals surface area (Å²) in [5, 5.41) is 33.7. The first kappa shape index (κ1) is 29.3. The van der Waals surface area contributed by atoms with Gasteiger partial charge in [0.15, 0.2) is 11.5 Å². The summed E-state index contributed by atoms with van der Waals surface area (Å²) in [5.41, 5.74) is 1.93. The summed E-state index contributed by atoms with van der Waals surface area (Å²) < 4.78 is 0. The first-order valence-electron chi connectivity index (χ1n) is 14.5. The van der Waals surface area contributed by atoms with Crippen LogP contribution in [0.3, 0.4) is 0 Å². The molecule has 0 spiro atoms. The van der Waals surface area contributed by atoms with Crippen molar-refractivity contribution >= 4 is 23.3 Å². The summed E-state index contributed by atoms with van der Waals surface area (Å²) in [7, 11) is 0. The van der Waals surface area contributed by atoms with Gasteiger partial charge >= 0.3 is 0 Å². The molecule has 2 aliphatic rings. The number of nitrogens with zero attached hydrogens (tertiary/aromatic N) is 4. The smallest absolute Gasteiger partial charge is 0.272 e. The van der Waals surface area contributed by atoms with Crippen molar-refractivity contribution in [1.82, 2.24) is 20.8 Å². The molecule has 0 unspecified atom stereocenters. The molecule has 2 heterocycles. The highest BCUT2D eigenvalue weighted by Gasteiger charge is 2.24. The van der Waals surface area contributed by atoms with Gasteiger partial charge in [0.25, 0.3) is 5.91 Å². The zero-order chi connectivity index (χ0) is 27.5. The van der Waals surface area contributed by atoms with E-state index in [2.05, 4.69) is 31.8 Å². The fraction of sp³-hybridized carbons (Fsp3) is 0.600. The second kappa shape index (κ2) is 15.2. The Morgan fingerprint density at radius 1 is 1.00 bits per heavy atom. The number of halogens is 1. The number of rotatable bonds is 12. The number of hydrogen-bond acceptors (Lipinski definition) is 7. The van der Waals surface area contributed by atoms with Crippen LogP contribution in [0.25, 0.3) is 0 Å². The van der Waals surface area contributed by atoms with E-state index < -0.39 is 0 Å². The lowest BCUT2D eigenvalue weighted by Gasteiger charge is -2.32. The third kappa shape index (κ3) is 8.89. The van der Waals surface area contributed by atoms with E-state index in [4.69, 9.17) is 22.0 Å². The fourth-order valence-electron chi connectivity index (χ4n) is 5.69. The third-order valence-electron chi connectivity index (χ3n) is 8.15. The van der Waals surface area contributed by atoms with Gasteiger partial charge in [0.1, 0.15) is 6.07 Å². The number of benzene rings is 1. The highest BCUT2D eigenvalue weighted by Crippen LogP contribution is 2.26. The Hall–Kier alpha value is -2.73. The largest absolute Gasteiger partial charge is 0.396 e. The average Bonchev–Trinajstić information content (AvgIpc) is 2.97. The van der Waals surface area contributed by atoms with Gasteiger partial charge in [-0.05, 0) is 80.7 Å². The zero-order valence-corrected chi connectivity index (χ0v) is 23.5. The van der Waals surface area contributed by atoms with Crippen molar-refractivity contribution < 1.29 is 9.90 Å². The van der Waals surface area contributed by atoms with Gasteiger partial charge in [-0.2, -0.15) is 5.26 Å². The number of carbonyl (C=O) groups is 1. The molecule has 1 aliphatic heterocycles. The minimum Gasteiger partial charge on any atom is -0.396 e. The van der Waals surface area contributed by atoms with Crippen molar-refractivity contribution in [3.8, 4) is 6.07 Å². The molecule has 4 rings (SSSR count). The normalized spacial score (nSPS) is 20.0. The number of amides is 1. The highest BCUT2D eigenvalue weighted by atomic mass is 35.5. The molecule has 1 saturated carbocycles. The number of aliphatic hydroxyl groups is 1. The molecule has 2 aromatic rings. The Labute approximate surface area is 237 Å². The van der Waals surface area contributed by atoms with Crippen molar-refractivity contribution in [3.05, 3.63) is 52.2 Å². The number of carbonyl (C=O) groups excluding carboxylic acids is 1. The molecule has 210 valence electrons. The minimum absolute atomic E-state index is 0.143. The predicted octanol–water partition coefficient (Wildman–Crippen LogP) is 4.99. The molecular weight excluding hydrogens is 512 g/mol. The molecule has 2 fully saturated rings. The minimum atomic E-state index is -0.155. The fourth-order valence-corrected chi connectivity index (χ4v) is 5.93. The van der Waals surface area contributed by atoms with E-state index in [1.54, 1.807) is 12.1 Å². The third-order valence-corrected chi connectivity index (χ3v) is 8.47. The second-order valence-electron chi connectivity index (χ2n) is 11.0. The molecule has 9 heteroatoms. The monoisotopic (exact) mass is 552 g/mol. The summed E-state index contributed by atoms with van der Waals surface area (Å²) in [4.78, 5) is 15.1. The molecule has 0 atom stereocenters. The Kier molecular flexibility index (Phi) is 11.4. The summed E-state index contributed by atoms with van der Waals surface area (Å²) >= 11 is 6.14. The van der Waals surface area contributed by atoms with Crippen molar-refractivity contribution in [1.29, 1.82) is 5.26 Å². The van der Waals surface area contributed by atoms with Gasteiger partial charge in [-0.3, -0.25) is 4.79 Å². The van der Waals surface area contributed by atoms with Crippen LogP contribution in [0.2, 0.25) is 5.02 Å². The Morgan fingerprint density at radius 2 is 1.74 bits per heavy atom. The number of nitrogens with one attached hydrogen (secondary N) is 2. The van der Waals surface area contributed by atoms with Crippen LogP contribution < -0.4 is 15.5 Å². The topological polar surface area (TPSA) is 114 Å². The highest BCUT2D eigenvalue weighted by molar-refractivity contribution is 6.31. The summed E-state index contributed by atoms with van der Waals surface area (Å²) in [5.74, 6) is 1.47. The molecule has 1 amide bonds. The number of aliphatic hydroxyl groups excluding tert-OH is 1. The van der Waals surface area contributed by atoms with Crippen molar-refractivity contribution in [2.75, 3.05) is 24.6 Å². The van der Waals surface area contributed by atoms with E-state index in [0.29, 0.717) is 35.5 Å². The van der Waals surface area contributed by atoms with E-state index in [1.807, 2.05) is 18.2 Å². The van der Waals surface area contributed by atoms with Crippen LogP contribution in [-0.4, -0.2) is 53.0 Å². The van der Waals surface area contributed by atoms with Gasteiger partial charge in [0, 0.05) is 38.3 Å². The van der Waals surface area contributed by atoms with Crippen molar-refractivity contribution in [2.24, 2.45) is 5.92 Å². The first-order valence-corrected chi connectivity index (χ1v) is 14.9. The Bertz CT molecular complexity index is 1090. The maximum absolute atomic E-state index is 12.8. The quantitative estimate of drug-likeness (QED) is 0.318. The second-order valence-corrected chi connectivity index (χ2v) is 11.4.